The normalized spacial score (nSPS) is 21.3. The molecule has 2 saturated heterocycles. The fourth-order valence-corrected chi connectivity index (χ4v) is 4.15. The third-order valence-corrected chi connectivity index (χ3v) is 5.31. The molecule has 2 aromatic rings. The van der Waals surface area contributed by atoms with Crippen LogP contribution in [0.1, 0.15) is 22.3 Å². The van der Waals surface area contributed by atoms with Gasteiger partial charge in [0, 0.05) is 37.6 Å². The SMILES string of the molecule is CN(C)Cc1cccc(N2C[C@@H]3C[C@H]2CN3c2ncc(C(N)=O)c(=O)[nH]2)c1. The minimum absolute atomic E-state index is 0.109. The number of anilines is 2. The maximum atomic E-state index is 12.0. The van der Waals surface area contributed by atoms with E-state index >= 15 is 0 Å². The van der Waals surface area contributed by atoms with E-state index in [-0.39, 0.29) is 11.6 Å². The highest BCUT2D eigenvalue weighted by molar-refractivity contribution is 5.92. The van der Waals surface area contributed by atoms with Gasteiger partial charge in [-0.1, -0.05) is 12.1 Å². The van der Waals surface area contributed by atoms with Crippen LogP contribution >= 0.6 is 0 Å². The first-order valence-electron chi connectivity index (χ1n) is 9.08. The lowest BCUT2D eigenvalue weighted by Gasteiger charge is -2.36. The Kier molecular flexibility index (Phi) is 4.35. The number of hydrogen-bond donors (Lipinski definition) is 2. The number of nitrogens with one attached hydrogen (secondary N) is 1. The summed E-state index contributed by atoms with van der Waals surface area (Å²) in [4.78, 5) is 36.9. The molecule has 2 bridgehead atoms. The summed E-state index contributed by atoms with van der Waals surface area (Å²) < 4.78 is 0. The van der Waals surface area contributed by atoms with Crippen LogP contribution in [0.3, 0.4) is 0 Å². The molecule has 2 fully saturated rings. The van der Waals surface area contributed by atoms with Crippen LogP contribution in [0.2, 0.25) is 0 Å². The molecule has 142 valence electrons. The maximum Gasteiger partial charge on any atom is 0.265 e. The van der Waals surface area contributed by atoms with Crippen molar-refractivity contribution in [1.82, 2.24) is 14.9 Å². The first-order chi connectivity index (χ1) is 12.9. The average Bonchev–Trinajstić information content (AvgIpc) is 3.21. The molecule has 0 aliphatic carbocycles. The Balaban J connectivity index is 1.51. The summed E-state index contributed by atoms with van der Waals surface area (Å²) in [7, 11) is 4.14. The third-order valence-electron chi connectivity index (χ3n) is 5.31. The zero-order valence-corrected chi connectivity index (χ0v) is 15.6. The minimum atomic E-state index is -0.762. The van der Waals surface area contributed by atoms with Crippen LogP contribution < -0.4 is 21.1 Å². The number of fused-ring (bicyclic) bond motifs is 2. The van der Waals surface area contributed by atoms with Gasteiger partial charge in [-0.15, -0.1) is 0 Å². The zero-order valence-electron chi connectivity index (χ0n) is 15.6. The fraction of sp³-hybridized carbons (Fsp3) is 0.421. The molecule has 3 N–H and O–H groups in total. The van der Waals surface area contributed by atoms with Crippen LogP contribution in [0, 0.1) is 0 Å². The Hall–Kier alpha value is -2.87. The lowest BCUT2D eigenvalue weighted by molar-refractivity contribution is 0.0998. The van der Waals surface area contributed by atoms with E-state index in [1.807, 2.05) is 0 Å². The Morgan fingerprint density at radius 3 is 2.67 bits per heavy atom. The van der Waals surface area contributed by atoms with E-state index in [9.17, 15) is 9.59 Å². The van der Waals surface area contributed by atoms with Crippen LogP contribution in [0.25, 0.3) is 0 Å². The summed E-state index contributed by atoms with van der Waals surface area (Å²) in [6.07, 6.45) is 2.30. The second-order valence-electron chi connectivity index (χ2n) is 7.57. The van der Waals surface area contributed by atoms with E-state index in [0.29, 0.717) is 12.0 Å². The third kappa shape index (κ3) is 3.28. The number of primary amides is 1. The van der Waals surface area contributed by atoms with Gasteiger partial charge in [0.25, 0.3) is 11.5 Å². The lowest BCUT2D eigenvalue weighted by atomic mass is 10.1. The number of piperazine rings is 1. The highest BCUT2D eigenvalue weighted by Gasteiger charge is 2.44. The summed E-state index contributed by atoms with van der Waals surface area (Å²) >= 11 is 0. The highest BCUT2D eigenvalue weighted by Crippen LogP contribution is 2.36. The summed E-state index contributed by atoms with van der Waals surface area (Å²) in [5.41, 5.74) is 7.13. The molecule has 2 atom stereocenters. The van der Waals surface area contributed by atoms with Crippen LogP contribution in [0.4, 0.5) is 11.6 Å². The molecule has 0 spiro atoms. The van der Waals surface area contributed by atoms with E-state index in [1.54, 1.807) is 0 Å². The maximum absolute atomic E-state index is 12.0. The van der Waals surface area contributed by atoms with Crippen molar-refractivity contribution in [2.75, 3.05) is 37.0 Å². The smallest absolute Gasteiger partial charge is 0.265 e. The van der Waals surface area contributed by atoms with E-state index < -0.39 is 11.5 Å². The zero-order chi connectivity index (χ0) is 19.1. The first kappa shape index (κ1) is 17.5. The summed E-state index contributed by atoms with van der Waals surface area (Å²) in [5, 5.41) is 0. The predicted molar refractivity (Wildman–Crippen MR) is 104 cm³/mol. The van der Waals surface area contributed by atoms with E-state index in [4.69, 9.17) is 5.73 Å². The van der Waals surface area contributed by atoms with Crippen LogP contribution in [0.5, 0.6) is 0 Å². The van der Waals surface area contributed by atoms with Crippen molar-refractivity contribution in [2.24, 2.45) is 5.73 Å². The number of nitrogens with zero attached hydrogens (tertiary/aromatic N) is 4. The standard InChI is InChI=1S/C19H24N6O2/c1-23(2)9-12-4-3-5-13(6-12)24-10-15-7-14(24)11-25(15)19-21-8-16(17(20)26)18(27)22-19/h3-6,8,14-15H,7,9-11H2,1-2H3,(H2,20,26)(H,21,22,27)/t14-,15-/m0/s1. The van der Waals surface area contributed by atoms with Crippen molar-refractivity contribution in [3.63, 3.8) is 0 Å². The molecule has 1 amide bonds. The van der Waals surface area contributed by atoms with Gasteiger partial charge in [-0.3, -0.25) is 14.6 Å². The molecule has 8 nitrogen and oxygen atoms in total. The van der Waals surface area contributed by atoms with Crippen molar-refractivity contribution in [3.05, 3.63) is 51.9 Å². The topological polar surface area (TPSA) is 98.6 Å². The predicted octanol–water partition coefficient (Wildman–Crippen LogP) is 0.398. The molecule has 1 aromatic heterocycles. The van der Waals surface area contributed by atoms with Gasteiger partial charge < -0.3 is 20.4 Å². The molecular weight excluding hydrogens is 344 g/mol. The molecule has 0 unspecified atom stereocenters. The van der Waals surface area contributed by atoms with Gasteiger partial charge in [-0.2, -0.15) is 0 Å². The fourth-order valence-electron chi connectivity index (χ4n) is 4.15. The Bertz CT molecular complexity index is 924. The van der Waals surface area contributed by atoms with Crippen molar-refractivity contribution in [1.29, 1.82) is 0 Å². The number of carbonyl (C=O) groups is 1. The number of amides is 1. The molecule has 0 saturated carbocycles. The van der Waals surface area contributed by atoms with Gasteiger partial charge in [-0.05, 0) is 38.2 Å². The lowest BCUT2D eigenvalue weighted by Crippen LogP contribution is -2.47. The number of nitrogens with two attached hydrogens (primary N) is 1. The Morgan fingerprint density at radius 2 is 2.04 bits per heavy atom. The minimum Gasteiger partial charge on any atom is -0.365 e. The number of rotatable bonds is 5. The van der Waals surface area contributed by atoms with Crippen LogP contribution in [-0.2, 0) is 6.54 Å². The van der Waals surface area contributed by atoms with Gasteiger partial charge in [0.15, 0.2) is 0 Å². The number of aromatic nitrogens is 2. The Morgan fingerprint density at radius 1 is 1.30 bits per heavy atom. The highest BCUT2D eigenvalue weighted by atomic mass is 16.2. The molecule has 27 heavy (non-hydrogen) atoms. The van der Waals surface area contributed by atoms with Crippen molar-refractivity contribution >= 4 is 17.5 Å². The van der Waals surface area contributed by atoms with Gasteiger partial charge in [0.1, 0.15) is 5.56 Å². The monoisotopic (exact) mass is 368 g/mol. The number of benzene rings is 1. The number of H-pyrrole nitrogens is 1. The van der Waals surface area contributed by atoms with E-state index in [1.165, 1.54) is 17.4 Å². The quantitative estimate of drug-likeness (QED) is 0.793. The van der Waals surface area contributed by atoms with E-state index in [0.717, 1.165) is 26.1 Å². The van der Waals surface area contributed by atoms with Gasteiger partial charge >= 0.3 is 0 Å². The second-order valence-corrected chi connectivity index (χ2v) is 7.57. The molecule has 2 aliphatic rings. The summed E-state index contributed by atoms with van der Waals surface area (Å²) in [6.45, 7) is 2.60. The van der Waals surface area contributed by atoms with Crippen molar-refractivity contribution < 1.29 is 4.79 Å². The van der Waals surface area contributed by atoms with Crippen LogP contribution in [-0.4, -0.2) is 60.0 Å². The largest absolute Gasteiger partial charge is 0.365 e. The molecular formula is C19H24N6O2. The van der Waals surface area contributed by atoms with E-state index in [2.05, 4.69) is 63.0 Å². The van der Waals surface area contributed by atoms with Gasteiger partial charge in [0.05, 0.1) is 6.04 Å². The molecule has 4 rings (SSSR count). The summed E-state index contributed by atoms with van der Waals surface area (Å²) in [6, 6.07) is 9.35. The number of hydrogen-bond acceptors (Lipinski definition) is 6. The summed E-state index contributed by atoms with van der Waals surface area (Å²) in [5.74, 6) is -0.250. The van der Waals surface area contributed by atoms with Gasteiger partial charge in [-0.25, -0.2) is 4.98 Å². The average molecular weight is 368 g/mol. The molecule has 0 radical (unpaired) electrons. The molecule has 8 heteroatoms. The molecule has 3 heterocycles. The van der Waals surface area contributed by atoms with Crippen LogP contribution in [0.15, 0.2) is 35.3 Å². The van der Waals surface area contributed by atoms with Gasteiger partial charge in [0.2, 0.25) is 5.95 Å². The second kappa shape index (κ2) is 6.70. The van der Waals surface area contributed by atoms with Crippen molar-refractivity contribution in [2.45, 2.75) is 25.0 Å². The Labute approximate surface area is 157 Å². The first-order valence-corrected chi connectivity index (χ1v) is 9.08. The van der Waals surface area contributed by atoms with Crippen molar-refractivity contribution in [3.8, 4) is 0 Å². The number of aromatic amines is 1. The molecule has 1 aromatic carbocycles. The number of carbonyl (C=O) groups excluding carboxylic acids is 1. The molecule has 2 aliphatic heterocycles.